The van der Waals surface area contributed by atoms with E-state index >= 15 is 0 Å². The number of hydrogen-bond acceptors (Lipinski definition) is 2. The summed E-state index contributed by atoms with van der Waals surface area (Å²) >= 11 is 0. The number of hydrogen-bond donors (Lipinski definition) is 2. The Morgan fingerprint density at radius 2 is 2.00 bits per heavy atom. The van der Waals surface area contributed by atoms with Gasteiger partial charge in [-0.2, -0.15) is 0 Å². The Kier molecular flexibility index (Phi) is 7.80. The van der Waals surface area contributed by atoms with E-state index in [0.717, 1.165) is 13.0 Å². The molecule has 1 amide bonds. The van der Waals surface area contributed by atoms with Crippen molar-refractivity contribution >= 4 is 11.6 Å². The van der Waals surface area contributed by atoms with Crippen molar-refractivity contribution < 1.29 is 4.79 Å². The van der Waals surface area contributed by atoms with Crippen LogP contribution in [0.2, 0.25) is 0 Å². The van der Waals surface area contributed by atoms with Crippen LogP contribution in [0.25, 0.3) is 0 Å². The molecule has 0 rings (SSSR count). The van der Waals surface area contributed by atoms with Crippen LogP contribution < -0.4 is 5.32 Å². The van der Waals surface area contributed by atoms with Crippen LogP contribution in [0.5, 0.6) is 0 Å². The molecule has 0 radical (unpaired) electrons. The molecule has 0 saturated carbocycles. The minimum Gasteiger partial charge on any atom is -0.353 e. The molecule has 2 N–H and O–H groups in total. The topological polar surface area (TPSA) is 53.0 Å². The number of allylic oxidation sites excluding steroid dienone is 1. The van der Waals surface area contributed by atoms with Gasteiger partial charge in [-0.3, -0.25) is 4.79 Å². The van der Waals surface area contributed by atoms with Gasteiger partial charge < -0.3 is 10.7 Å². The van der Waals surface area contributed by atoms with E-state index in [1.54, 1.807) is 6.92 Å². The second kappa shape index (κ2) is 8.48. The molecule has 3 nitrogen and oxygen atoms in total. The number of unbranched alkanes of at least 4 members (excludes halogenated alkanes) is 3. The predicted octanol–water partition coefficient (Wildman–Crippen LogP) is 2.28. The van der Waals surface area contributed by atoms with Gasteiger partial charge in [-0.05, 0) is 19.4 Å². The molecule has 80 valence electrons. The molecular formula is C11H20N2O. The standard InChI is InChI=1S/C11H20N2O/c1-3-4-5-6-9-13-11(14)8-7-10(2)12/h7-8,12H,3-6,9H2,1-2H3,(H,13,14). The fourth-order valence-electron chi connectivity index (χ4n) is 1.02. The van der Waals surface area contributed by atoms with Crippen LogP contribution in [0.1, 0.15) is 39.5 Å². The normalized spacial score (nSPS) is 10.4. The molecule has 3 heteroatoms. The fourth-order valence-corrected chi connectivity index (χ4v) is 1.02. The Hall–Kier alpha value is -1.12. The van der Waals surface area contributed by atoms with Gasteiger partial charge in [0.05, 0.1) is 0 Å². The average Bonchev–Trinajstić information content (AvgIpc) is 2.14. The van der Waals surface area contributed by atoms with Crippen LogP contribution in [0.15, 0.2) is 12.2 Å². The van der Waals surface area contributed by atoms with Gasteiger partial charge in [0.25, 0.3) is 0 Å². The van der Waals surface area contributed by atoms with E-state index in [-0.39, 0.29) is 5.91 Å². The minimum absolute atomic E-state index is 0.104. The van der Waals surface area contributed by atoms with E-state index in [2.05, 4.69) is 12.2 Å². The lowest BCUT2D eigenvalue weighted by atomic mass is 10.2. The highest BCUT2D eigenvalue weighted by atomic mass is 16.1. The van der Waals surface area contributed by atoms with E-state index in [4.69, 9.17) is 5.41 Å². The molecule has 0 saturated heterocycles. The van der Waals surface area contributed by atoms with Crippen molar-refractivity contribution in [3.05, 3.63) is 12.2 Å². The zero-order chi connectivity index (χ0) is 10.8. The average molecular weight is 196 g/mol. The van der Waals surface area contributed by atoms with Gasteiger partial charge in [0.1, 0.15) is 0 Å². The van der Waals surface area contributed by atoms with Crippen LogP contribution in [-0.2, 0) is 4.79 Å². The van der Waals surface area contributed by atoms with Crippen molar-refractivity contribution in [3.63, 3.8) is 0 Å². The number of carbonyl (C=O) groups excluding carboxylic acids is 1. The number of rotatable bonds is 7. The third kappa shape index (κ3) is 8.97. The summed E-state index contributed by atoms with van der Waals surface area (Å²) in [6.45, 7) is 4.54. The van der Waals surface area contributed by atoms with Crippen LogP contribution in [0.4, 0.5) is 0 Å². The maximum absolute atomic E-state index is 11.1. The molecular weight excluding hydrogens is 176 g/mol. The zero-order valence-corrected chi connectivity index (χ0v) is 9.10. The first-order chi connectivity index (χ1) is 6.66. The summed E-state index contributed by atoms with van der Waals surface area (Å²) in [6.07, 6.45) is 7.55. The van der Waals surface area contributed by atoms with Crippen molar-refractivity contribution in [1.82, 2.24) is 5.32 Å². The van der Waals surface area contributed by atoms with E-state index in [1.165, 1.54) is 31.4 Å². The van der Waals surface area contributed by atoms with Gasteiger partial charge in [-0.15, -0.1) is 0 Å². The third-order valence-electron chi connectivity index (χ3n) is 1.81. The Labute approximate surface area is 86.1 Å². The summed E-state index contributed by atoms with van der Waals surface area (Å²) in [5.41, 5.74) is 0.395. The monoisotopic (exact) mass is 196 g/mol. The Balaban J connectivity index is 3.40. The molecule has 0 spiro atoms. The van der Waals surface area contributed by atoms with E-state index in [9.17, 15) is 4.79 Å². The lowest BCUT2D eigenvalue weighted by Crippen LogP contribution is -2.22. The first-order valence-corrected chi connectivity index (χ1v) is 5.18. The zero-order valence-electron chi connectivity index (χ0n) is 9.10. The minimum atomic E-state index is -0.104. The molecule has 0 fully saturated rings. The van der Waals surface area contributed by atoms with Crippen LogP contribution in [0, 0.1) is 5.41 Å². The summed E-state index contributed by atoms with van der Waals surface area (Å²) < 4.78 is 0. The molecule has 0 aliphatic carbocycles. The fraction of sp³-hybridized carbons (Fsp3) is 0.636. The second-order valence-corrected chi connectivity index (χ2v) is 3.37. The van der Waals surface area contributed by atoms with Gasteiger partial charge in [-0.25, -0.2) is 0 Å². The highest BCUT2D eigenvalue weighted by Crippen LogP contribution is 1.96. The van der Waals surface area contributed by atoms with Crippen molar-refractivity contribution in [2.75, 3.05) is 6.54 Å². The first kappa shape index (κ1) is 12.9. The maximum atomic E-state index is 11.1. The second-order valence-electron chi connectivity index (χ2n) is 3.37. The molecule has 0 aromatic rings. The molecule has 0 unspecified atom stereocenters. The van der Waals surface area contributed by atoms with Gasteiger partial charge in [0.2, 0.25) is 5.91 Å². The quantitative estimate of drug-likeness (QED) is 0.366. The molecule has 14 heavy (non-hydrogen) atoms. The van der Waals surface area contributed by atoms with E-state index in [1.807, 2.05) is 0 Å². The SMILES string of the molecule is CCCCCCNC(=O)C=CC(C)=N. The number of carbonyl (C=O) groups is 1. The largest absolute Gasteiger partial charge is 0.353 e. The van der Waals surface area contributed by atoms with Gasteiger partial charge >= 0.3 is 0 Å². The molecule has 0 aliphatic rings. The first-order valence-electron chi connectivity index (χ1n) is 5.18. The van der Waals surface area contributed by atoms with Crippen LogP contribution in [-0.4, -0.2) is 18.2 Å². The van der Waals surface area contributed by atoms with Crippen molar-refractivity contribution in [2.45, 2.75) is 39.5 Å². The van der Waals surface area contributed by atoms with Crippen LogP contribution >= 0.6 is 0 Å². The Morgan fingerprint density at radius 3 is 2.57 bits per heavy atom. The lowest BCUT2D eigenvalue weighted by molar-refractivity contribution is -0.116. The molecule has 0 aromatic heterocycles. The number of amides is 1. The molecule has 0 aromatic carbocycles. The van der Waals surface area contributed by atoms with Crippen LogP contribution in [0.3, 0.4) is 0 Å². The van der Waals surface area contributed by atoms with Gasteiger partial charge in [0.15, 0.2) is 0 Å². The lowest BCUT2D eigenvalue weighted by Gasteiger charge is -2.00. The van der Waals surface area contributed by atoms with Gasteiger partial charge in [-0.1, -0.05) is 26.2 Å². The summed E-state index contributed by atoms with van der Waals surface area (Å²) in [4.78, 5) is 11.1. The molecule has 0 bridgehead atoms. The Morgan fingerprint density at radius 1 is 1.29 bits per heavy atom. The van der Waals surface area contributed by atoms with Crippen molar-refractivity contribution in [2.24, 2.45) is 0 Å². The summed E-state index contributed by atoms with van der Waals surface area (Å²) in [6, 6.07) is 0. The third-order valence-corrected chi connectivity index (χ3v) is 1.81. The van der Waals surface area contributed by atoms with Crippen molar-refractivity contribution in [1.29, 1.82) is 5.41 Å². The summed E-state index contributed by atoms with van der Waals surface area (Å²) in [7, 11) is 0. The van der Waals surface area contributed by atoms with E-state index < -0.39 is 0 Å². The maximum Gasteiger partial charge on any atom is 0.244 e. The summed E-state index contributed by atoms with van der Waals surface area (Å²) in [5.74, 6) is -0.104. The Bertz CT molecular complexity index is 209. The highest BCUT2D eigenvalue weighted by Gasteiger charge is 1.93. The number of nitrogens with one attached hydrogen (secondary N) is 2. The predicted molar refractivity (Wildman–Crippen MR) is 59.7 cm³/mol. The van der Waals surface area contributed by atoms with Gasteiger partial charge in [0, 0.05) is 18.3 Å². The highest BCUT2D eigenvalue weighted by molar-refractivity contribution is 5.97. The summed E-state index contributed by atoms with van der Waals surface area (Å²) in [5, 5.41) is 9.86. The molecule has 0 heterocycles. The smallest absolute Gasteiger partial charge is 0.244 e. The van der Waals surface area contributed by atoms with Crippen molar-refractivity contribution in [3.8, 4) is 0 Å². The molecule has 0 aliphatic heterocycles. The molecule has 0 atom stereocenters. The van der Waals surface area contributed by atoms with E-state index in [0.29, 0.717) is 5.71 Å².